The molecule has 2 aromatic carbocycles. The Morgan fingerprint density at radius 2 is 1.71 bits per heavy atom. The molecule has 0 bridgehead atoms. The van der Waals surface area contributed by atoms with Crippen molar-refractivity contribution in [2.24, 2.45) is 0 Å². The van der Waals surface area contributed by atoms with E-state index in [0.29, 0.717) is 11.3 Å². The Morgan fingerprint density at radius 3 is 2.29 bits per heavy atom. The second kappa shape index (κ2) is 9.98. The summed E-state index contributed by atoms with van der Waals surface area (Å²) in [6, 6.07) is 17.4. The molecule has 0 radical (unpaired) electrons. The van der Waals surface area contributed by atoms with E-state index < -0.39 is 10.0 Å². The molecular formula is C23H25N3O3S2. The van der Waals surface area contributed by atoms with Gasteiger partial charge in [0.2, 0.25) is 0 Å². The minimum absolute atomic E-state index is 0.114. The molecule has 0 unspecified atom stereocenters. The first kappa shape index (κ1) is 22.8. The van der Waals surface area contributed by atoms with Crippen molar-refractivity contribution in [3.05, 3.63) is 78.0 Å². The second-order valence-corrected chi connectivity index (χ2v) is 9.99. The Labute approximate surface area is 187 Å². The van der Waals surface area contributed by atoms with Gasteiger partial charge < -0.3 is 5.32 Å². The maximum Gasteiger partial charge on any atom is 0.261 e. The number of hydrogen-bond donors (Lipinski definition) is 2. The van der Waals surface area contributed by atoms with E-state index in [1.807, 2.05) is 32.9 Å². The predicted octanol–water partition coefficient (Wildman–Crippen LogP) is 4.87. The Bertz CT molecular complexity index is 1130. The van der Waals surface area contributed by atoms with Crippen LogP contribution in [0.1, 0.15) is 36.2 Å². The standard InChI is InChI=1S/C23H25N3O3S2/c1-4-17(3)25-23(27)18-7-14-22(24-15-18)30-20-10-8-19(9-11-20)26-31(28,29)21-12-5-16(2)6-13-21/h5-15,17,26H,4H2,1-3H3,(H,25,27)/t17-/m1/s1. The van der Waals surface area contributed by atoms with Gasteiger partial charge in [0.25, 0.3) is 15.9 Å². The number of sulfonamides is 1. The molecule has 1 amide bonds. The van der Waals surface area contributed by atoms with Crippen LogP contribution in [0.3, 0.4) is 0 Å². The van der Waals surface area contributed by atoms with Crippen molar-refractivity contribution in [2.75, 3.05) is 4.72 Å². The molecule has 0 aliphatic heterocycles. The zero-order valence-corrected chi connectivity index (χ0v) is 19.3. The summed E-state index contributed by atoms with van der Waals surface area (Å²) in [5.41, 5.74) is 2.00. The third-order valence-electron chi connectivity index (χ3n) is 4.65. The molecule has 8 heteroatoms. The lowest BCUT2D eigenvalue weighted by atomic mass is 10.2. The number of benzene rings is 2. The topological polar surface area (TPSA) is 88.2 Å². The number of amides is 1. The van der Waals surface area contributed by atoms with Gasteiger partial charge in [0.05, 0.1) is 10.5 Å². The van der Waals surface area contributed by atoms with Crippen molar-refractivity contribution in [1.82, 2.24) is 10.3 Å². The van der Waals surface area contributed by atoms with Gasteiger partial charge >= 0.3 is 0 Å². The first-order chi connectivity index (χ1) is 14.8. The quantitative estimate of drug-likeness (QED) is 0.506. The average molecular weight is 456 g/mol. The number of carbonyl (C=O) groups is 1. The number of carbonyl (C=O) groups excluding carboxylic acids is 1. The highest BCUT2D eigenvalue weighted by molar-refractivity contribution is 7.99. The van der Waals surface area contributed by atoms with E-state index in [4.69, 9.17) is 0 Å². The van der Waals surface area contributed by atoms with E-state index in [1.54, 1.807) is 54.7 Å². The maximum atomic E-state index is 12.5. The number of nitrogens with one attached hydrogen (secondary N) is 2. The molecule has 6 nitrogen and oxygen atoms in total. The lowest BCUT2D eigenvalue weighted by Crippen LogP contribution is -2.31. The normalized spacial score (nSPS) is 12.2. The van der Waals surface area contributed by atoms with E-state index in [1.165, 1.54) is 11.8 Å². The second-order valence-electron chi connectivity index (χ2n) is 7.21. The summed E-state index contributed by atoms with van der Waals surface area (Å²) in [7, 11) is -3.63. The monoisotopic (exact) mass is 455 g/mol. The van der Waals surface area contributed by atoms with E-state index in [2.05, 4.69) is 15.0 Å². The van der Waals surface area contributed by atoms with Crippen molar-refractivity contribution < 1.29 is 13.2 Å². The van der Waals surface area contributed by atoms with Crippen LogP contribution >= 0.6 is 11.8 Å². The third-order valence-corrected chi connectivity index (χ3v) is 7.00. The van der Waals surface area contributed by atoms with Crippen molar-refractivity contribution in [3.63, 3.8) is 0 Å². The fourth-order valence-electron chi connectivity index (χ4n) is 2.63. The van der Waals surface area contributed by atoms with Crippen molar-refractivity contribution in [2.45, 2.75) is 48.1 Å². The number of rotatable bonds is 8. The van der Waals surface area contributed by atoms with Crippen LogP contribution in [-0.4, -0.2) is 25.4 Å². The van der Waals surface area contributed by atoms with Crippen molar-refractivity contribution in [3.8, 4) is 0 Å². The minimum atomic E-state index is -3.63. The van der Waals surface area contributed by atoms with Crippen LogP contribution in [0.4, 0.5) is 5.69 Å². The first-order valence-corrected chi connectivity index (χ1v) is 12.2. The summed E-state index contributed by atoms with van der Waals surface area (Å²) in [4.78, 5) is 17.6. The summed E-state index contributed by atoms with van der Waals surface area (Å²) >= 11 is 1.43. The fourth-order valence-corrected chi connectivity index (χ4v) is 4.44. The number of anilines is 1. The Balaban J connectivity index is 1.63. The molecule has 2 N–H and O–H groups in total. The van der Waals surface area contributed by atoms with E-state index in [0.717, 1.165) is 21.9 Å². The van der Waals surface area contributed by atoms with Crippen molar-refractivity contribution >= 4 is 33.4 Å². The van der Waals surface area contributed by atoms with Crippen LogP contribution in [0.25, 0.3) is 0 Å². The summed E-state index contributed by atoms with van der Waals surface area (Å²) in [6.45, 7) is 5.88. The lowest BCUT2D eigenvalue weighted by Gasteiger charge is -2.11. The van der Waals surface area contributed by atoms with Gasteiger partial charge in [-0.2, -0.15) is 0 Å². The average Bonchev–Trinajstić information content (AvgIpc) is 2.75. The van der Waals surface area contributed by atoms with Crippen LogP contribution in [0, 0.1) is 6.92 Å². The van der Waals surface area contributed by atoms with Crippen molar-refractivity contribution in [1.29, 1.82) is 0 Å². The SMILES string of the molecule is CC[C@@H](C)NC(=O)c1ccc(Sc2ccc(NS(=O)(=O)c3ccc(C)cc3)cc2)nc1. The molecule has 0 fully saturated rings. The number of hydrogen-bond acceptors (Lipinski definition) is 5. The van der Waals surface area contributed by atoms with E-state index >= 15 is 0 Å². The molecular weight excluding hydrogens is 430 g/mol. The highest BCUT2D eigenvalue weighted by Gasteiger charge is 2.14. The Kier molecular flexibility index (Phi) is 7.35. The van der Waals surface area contributed by atoms with Gasteiger partial charge in [0.15, 0.2) is 0 Å². The van der Waals surface area contributed by atoms with Gasteiger partial charge in [-0.1, -0.05) is 36.4 Å². The van der Waals surface area contributed by atoms with Crippen LogP contribution in [0.2, 0.25) is 0 Å². The highest BCUT2D eigenvalue weighted by Crippen LogP contribution is 2.27. The fraction of sp³-hybridized carbons (Fsp3) is 0.217. The molecule has 1 heterocycles. The van der Waals surface area contributed by atoms with E-state index in [9.17, 15) is 13.2 Å². The van der Waals surface area contributed by atoms with Gasteiger partial charge in [-0.25, -0.2) is 13.4 Å². The number of nitrogens with zero attached hydrogens (tertiary/aromatic N) is 1. The number of pyridine rings is 1. The minimum Gasteiger partial charge on any atom is -0.350 e. The van der Waals surface area contributed by atoms with Gasteiger partial charge in [0.1, 0.15) is 5.03 Å². The predicted molar refractivity (Wildman–Crippen MR) is 124 cm³/mol. The largest absolute Gasteiger partial charge is 0.350 e. The summed E-state index contributed by atoms with van der Waals surface area (Å²) in [6.07, 6.45) is 2.42. The molecule has 0 spiro atoms. The zero-order valence-electron chi connectivity index (χ0n) is 17.6. The van der Waals surface area contributed by atoms with Crippen LogP contribution in [0.5, 0.6) is 0 Å². The summed E-state index contributed by atoms with van der Waals surface area (Å²) < 4.78 is 27.6. The lowest BCUT2D eigenvalue weighted by molar-refractivity contribution is 0.0939. The summed E-state index contributed by atoms with van der Waals surface area (Å²) in [5, 5.41) is 3.66. The molecule has 0 saturated carbocycles. The molecule has 0 aliphatic carbocycles. The van der Waals surface area contributed by atoms with Gasteiger partial charge in [-0.15, -0.1) is 0 Å². The Morgan fingerprint density at radius 1 is 1.03 bits per heavy atom. The van der Waals surface area contributed by atoms with Gasteiger partial charge in [-0.05, 0) is 68.8 Å². The Hall–Kier alpha value is -2.84. The molecule has 1 aromatic heterocycles. The number of aromatic nitrogens is 1. The molecule has 31 heavy (non-hydrogen) atoms. The van der Waals surface area contributed by atoms with Crippen LogP contribution < -0.4 is 10.0 Å². The smallest absolute Gasteiger partial charge is 0.261 e. The molecule has 162 valence electrons. The maximum absolute atomic E-state index is 12.5. The van der Waals surface area contributed by atoms with E-state index in [-0.39, 0.29) is 16.8 Å². The highest BCUT2D eigenvalue weighted by atomic mass is 32.2. The zero-order chi connectivity index (χ0) is 22.4. The third kappa shape index (κ3) is 6.32. The first-order valence-electron chi connectivity index (χ1n) is 9.91. The molecule has 1 atom stereocenters. The molecule has 3 aromatic rings. The summed E-state index contributed by atoms with van der Waals surface area (Å²) in [5.74, 6) is -0.136. The van der Waals surface area contributed by atoms with Crippen LogP contribution in [-0.2, 0) is 10.0 Å². The number of aryl methyl sites for hydroxylation is 1. The molecule has 0 aliphatic rings. The molecule has 3 rings (SSSR count). The van der Waals surface area contributed by atoms with Crippen LogP contribution in [0.15, 0.2) is 81.7 Å². The van der Waals surface area contributed by atoms with Gasteiger partial charge in [0, 0.05) is 22.8 Å². The van der Waals surface area contributed by atoms with Gasteiger partial charge in [-0.3, -0.25) is 9.52 Å². The molecule has 0 saturated heterocycles.